The van der Waals surface area contributed by atoms with Crippen molar-refractivity contribution in [1.29, 1.82) is 0 Å². The van der Waals surface area contributed by atoms with Crippen molar-refractivity contribution < 1.29 is 9.53 Å². The first-order valence-corrected chi connectivity index (χ1v) is 4.84. The number of fused-ring (bicyclic) bond motifs is 1. The van der Waals surface area contributed by atoms with E-state index in [0.717, 1.165) is 11.3 Å². The van der Waals surface area contributed by atoms with Crippen molar-refractivity contribution in [2.24, 2.45) is 4.99 Å². The van der Waals surface area contributed by atoms with Gasteiger partial charge in [0.25, 0.3) is 0 Å². The molecule has 0 saturated heterocycles. The third-order valence-corrected chi connectivity index (χ3v) is 2.23. The van der Waals surface area contributed by atoms with Crippen LogP contribution in [-0.4, -0.2) is 18.3 Å². The van der Waals surface area contributed by atoms with Gasteiger partial charge in [-0.1, -0.05) is 0 Å². The molecule has 2 N–H and O–H groups in total. The van der Waals surface area contributed by atoms with Crippen LogP contribution in [0.1, 0.15) is 12.5 Å². The second kappa shape index (κ2) is 3.73. The molecule has 0 amide bonds. The molecule has 1 aliphatic rings. The van der Waals surface area contributed by atoms with Gasteiger partial charge in [0.15, 0.2) is 0 Å². The second-order valence-electron chi connectivity index (χ2n) is 3.34. The number of nitrogen functional groups attached to an aromatic ring is 1. The fourth-order valence-corrected chi connectivity index (χ4v) is 1.55. The van der Waals surface area contributed by atoms with Gasteiger partial charge in [-0.15, -0.1) is 0 Å². The van der Waals surface area contributed by atoms with Crippen molar-refractivity contribution in [3.8, 4) is 0 Å². The molecular formula is C11H12N2O2. The summed E-state index contributed by atoms with van der Waals surface area (Å²) in [4.78, 5) is 15.6. The number of aliphatic imine (C=N–C) groups is 1. The highest BCUT2D eigenvalue weighted by Crippen LogP contribution is 2.28. The van der Waals surface area contributed by atoms with Crippen LogP contribution in [-0.2, 0) is 16.0 Å². The number of ether oxygens (including phenoxy) is 1. The van der Waals surface area contributed by atoms with Gasteiger partial charge in [0.1, 0.15) is 5.71 Å². The van der Waals surface area contributed by atoms with Crippen LogP contribution in [0, 0.1) is 0 Å². The van der Waals surface area contributed by atoms with Crippen molar-refractivity contribution in [3.05, 3.63) is 23.8 Å². The quantitative estimate of drug-likeness (QED) is 0.586. The van der Waals surface area contributed by atoms with E-state index in [2.05, 4.69) is 4.99 Å². The molecule has 0 aromatic heterocycles. The standard InChI is InChI=1S/C11H12N2O2/c1-2-15-11(14)10-6-7-5-8(12)3-4-9(7)13-10/h3-5H,2,6,12H2,1H3. The third-order valence-electron chi connectivity index (χ3n) is 2.23. The molecule has 0 aliphatic carbocycles. The minimum atomic E-state index is -0.340. The number of nitrogens with zero attached hydrogens (tertiary/aromatic N) is 1. The molecular weight excluding hydrogens is 192 g/mol. The Labute approximate surface area is 87.8 Å². The lowest BCUT2D eigenvalue weighted by molar-refractivity contribution is -0.135. The van der Waals surface area contributed by atoms with Crippen LogP contribution in [0.25, 0.3) is 0 Å². The predicted molar refractivity (Wildman–Crippen MR) is 58.3 cm³/mol. The molecule has 0 spiro atoms. The van der Waals surface area contributed by atoms with Crippen LogP contribution in [0.3, 0.4) is 0 Å². The lowest BCUT2D eigenvalue weighted by Gasteiger charge is -1.99. The van der Waals surface area contributed by atoms with Crippen molar-refractivity contribution >= 4 is 23.1 Å². The van der Waals surface area contributed by atoms with Gasteiger partial charge in [-0.25, -0.2) is 9.79 Å². The Balaban J connectivity index is 2.21. The van der Waals surface area contributed by atoms with Gasteiger partial charge < -0.3 is 10.5 Å². The molecule has 4 heteroatoms. The highest BCUT2D eigenvalue weighted by Gasteiger charge is 2.21. The van der Waals surface area contributed by atoms with Crippen molar-refractivity contribution in [1.82, 2.24) is 0 Å². The zero-order valence-electron chi connectivity index (χ0n) is 8.49. The lowest BCUT2D eigenvalue weighted by atomic mass is 10.1. The zero-order chi connectivity index (χ0) is 10.8. The Morgan fingerprint density at radius 1 is 1.60 bits per heavy atom. The van der Waals surface area contributed by atoms with Gasteiger partial charge in [0.05, 0.1) is 12.3 Å². The number of benzene rings is 1. The summed E-state index contributed by atoms with van der Waals surface area (Å²) in [7, 11) is 0. The monoisotopic (exact) mass is 204 g/mol. The van der Waals surface area contributed by atoms with Crippen molar-refractivity contribution in [2.75, 3.05) is 12.3 Å². The lowest BCUT2D eigenvalue weighted by Crippen LogP contribution is -2.17. The molecule has 0 saturated carbocycles. The number of nitrogens with two attached hydrogens (primary N) is 1. The van der Waals surface area contributed by atoms with Gasteiger partial charge in [-0.05, 0) is 30.7 Å². The summed E-state index contributed by atoms with van der Waals surface area (Å²) in [5.41, 5.74) is 8.59. The summed E-state index contributed by atoms with van der Waals surface area (Å²) < 4.78 is 4.89. The molecule has 0 atom stereocenters. The summed E-state index contributed by atoms with van der Waals surface area (Å²) in [6, 6.07) is 5.43. The Morgan fingerprint density at radius 3 is 3.13 bits per heavy atom. The molecule has 0 unspecified atom stereocenters. The Morgan fingerprint density at radius 2 is 2.40 bits per heavy atom. The number of hydrogen-bond acceptors (Lipinski definition) is 4. The molecule has 1 aromatic carbocycles. The maximum absolute atomic E-state index is 11.4. The molecule has 0 bridgehead atoms. The van der Waals surface area contributed by atoms with Crippen LogP contribution >= 0.6 is 0 Å². The minimum absolute atomic E-state index is 0.340. The van der Waals surface area contributed by atoms with Crippen LogP contribution < -0.4 is 5.73 Å². The second-order valence-corrected chi connectivity index (χ2v) is 3.34. The molecule has 0 fully saturated rings. The van der Waals surface area contributed by atoms with E-state index in [9.17, 15) is 4.79 Å². The van der Waals surface area contributed by atoms with Crippen LogP contribution in [0.15, 0.2) is 23.2 Å². The summed E-state index contributed by atoms with van der Waals surface area (Å²) >= 11 is 0. The fraction of sp³-hybridized carbons (Fsp3) is 0.273. The summed E-state index contributed by atoms with van der Waals surface area (Å²) in [6.07, 6.45) is 0.513. The van der Waals surface area contributed by atoms with Gasteiger partial charge in [-0.2, -0.15) is 0 Å². The molecule has 15 heavy (non-hydrogen) atoms. The van der Waals surface area contributed by atoms with E-state index in [-0.39, 0.29) is 5.97 Å². The van der Waals surface area contributed by atoms with E-state index in [0.29, 0.717) is 24.4 Å². The fourth-order valence-electron chi connectivity index (χ4n) is 1.55. The first-order chi connectivity index (χ1) is 7.20. The number of carbonyl (C=O) groups excluding carboxylic acids is 1. The highest BCUT2D eigenvalue weighted by atomic mass is 16.5. The SMILES string of the molecule is CCOC(=O)C1=Nc2ccc(N)cc2C1. The van der Waals surface area contributed by atoms with E-state index in [4.69, 9.17) is 10.5 Å². The Bertz CT molecular complexity index is 438. The van der Waals surface area contributed by atoms with E-state index in [1.807, 2.05) is 12.1 Å². The normalized spacial score (nSPS) is 13.3. The molecule has 1 aliphatic heterocycles. The molecule has 0 radical (unpaired) electrons. The first kappa shape index (κ1) is 9.71. The number of carbonyl (C=O) groups is 1. The van der Waals surface area contributed by atoms with Crippen LogP contribution in [0.5, 0.6) is 0 Å². The van der Waals surface area contributed by atoms with Gasteiger partial charge in [-0.3, -0.25) is 0 Å². The van der Waals surface area contributed by atoms with E-state index < -0.39 is 0 Å². The largest absolute Gasteiger partial charge is 0.461 e. The molecule has 1 aromatic rings. The van der Waals surface area contributed by atoms with Crippen LogP contribution in [0.4, 0.5) is 11.4 Å². The zero-order valence-corrected chi connectivity index (χ0v) is 8.49. The van der Waals surface area contributed by atoms with Crippen molar-refractivity contribution in [2.45, 2.75) is 13.3 Å². The van der Waals surface area contributed by atoms with E-state index >= 15 is 0 Å². The Hall–Kier alpha value is -1.84. The third kappa shape index (κ3) is 1.83. The minimum Gasteiger partial charge on any atom is -0.461 e. The molecule has 1 heterocycles. The smallest absolute Gasteiger partial charge is 0.353 e. The number of anilines is 1. The topological polar surface area (TPSA) is 64.7 Å². The average molecular weight is 204 g/mol. The summed E-state index contributed by atoms with van der Waals surface area (Å²) in [5.74, 6) is -0.340. The predicted octanol–water partition coefficient (Wildman–Crippen LogP) is 1.46. The first-order valence-electron chi connectivity index (χ1n) is 4.84. The maximum atomic E-state index is 11.4. The van der Waals surface area contributed by atoms with Crippen molar-refractivity contribution in [3.63, 3.8) is 0 Å². The maximum Gasteiger partial charge on any atom is 0.353 e. The van der Waals surface area contributed by atoms with Gasteiger partial charge in [0, 0.05) is 12.1 Å². The molecule has 4 nitrogen and oxygen atoms in total. The number of rotatable bonds is 2. The van der Waals surface area contributed by atoms with Crippen LogP contribution in [0.2, 0.25) is 0 Å². The molecule has 78 valence electrons. The summed E-state index contributed by atoms with van der Waals surface area (Å²) in [5, 5.41) is 0. The summed E-state index contributed by atoms with van der Waals surface area (Å²) in [6.45, 7) is 2.15. The molecule has 2 rings (SSSR count). The van der Waals surface area contributed by atoms with Gasteiger partial charge >= 0.3 is 5.97 Å². The Kier molecular flexibility index (Phi) is 2.41. The van der Waals surface area contributed by atoms with E-state index in [1.165, 1.54) is 0 Å². The number of hydrogen-bond donors (Lipinski definition) is 1. The average Bonchev–Trinajstić information content (AvgIpc) is 2.60. The van der Waals surface area contributed by atoms with E-state index in [1.54, 1.807) is 13.0 Å². The number of esters is 1. The van der Waals surface area contributed by atoms with Gasteiger partial charge in [0.2, 0.25) is 0 Å². The highest BCUT2D eigenvalue weighted by molar-refractivity contribution is 6.38.